The molecule has 59 heavy (non-hydrogen) atoms. The van der Waals surface area contributed by atoms with E-state index in [4.69, 9.17) is 19.6 Å². The number of carbonyl (C=O) groups excluding carboxylic acids is 2. The first-order chi connectivity index (χ1) is 28.4. The van der Waals surface area contributed by atoms with Crippen molar-refractivity contribution in [3.63, 3.8) is 0 Å². The van der Waals surface area contributed by atoms with Crippen molar-refractivity contribution in [2.75, 3.05) is 51.4 Å². The van der Waals surface area contributed by atoms with Crippen molar-refractivity contribution in [1.82, 2.24) is 15.5 Å². The number of aliphatic hydroxyl groups is 2. The van der Waals surface area contributed by atoms with Gasteiger partial charge in [0.1, 0.15) is 11.3 Å². The summed E-state index contributed by atoms with van der Waals surface area (Å²) in [5.74, 6) is 1.86. The number of hydrogen-bond acceptors (Lipinski definition) is 13. The van der Waals surface area contributed by atoms with Crippen molar-refractivity contribution >= 4 is 44.4 Å². The Morgan fingerprint density at radius 1 is 1.20 bits per heavy atom. The number of nitrogens with one attached hydrogen (secondary N) is 2. The molecule has 2 aliphatic carbocycles. The standard InChI is InChI=1S/C45H58N4O8S2/c1-5-26(2)41(53)57-43(3)12-8-27-24-58-59-25-35-31(20-47-4)22-49(35)39(52)16-30-21-48-38(46)17-33(30)40(27)45(43)19-29-14-28-15-34(42(54)55-36(28)18-37(29)56-45)44(10-6-7-11-44)32(23-51)9-13-50/h5,8,14-15,17-18,31-32,35,40,47-48,50-51H,6-7,9-13,16,19-25,46H2,1-4H3. The third kappa shape index (κ3) is 7.24. The maximum atomic E-state index is 14.2. The number of rotatable bonds is 9. The Kier molecular flexibility index (Phi) is 11.9. The second kappa shape index (κ2) is 16.6. The van der Waals surface area contributed by atoms with Crippen LogP contribution in [0.5, 0.6) is 5.75 Å². The number of allylic oxidation sites excluding steroid dienone is 2. The minimum atomic E-state index is -1.18. The van der Waals surface area contributed by atoms with E-state index >= 15 is 0 Å². The van der Waals surface area contributed by atoms with Gasteiger partial charge >= 0.3 is 11.6 Å². The van der Waals surface area contributed by atoms with Gasteiger partial charge in [0.05, 0.1) is 18.2 Å². The fourth-order valence-electron chi connectivity index (χ4n) is 10.9. The number of aliphatic hydroxyl groups excluding tert-OH is 2. The summed E-state index contributed by atoms with van der Waals surface area (Å²) >= 11 is 0. The zero-order chi connectivity index (χ0) is 41.7. The largest absolute Gasteiger partial charge is 0.481 e. The number of amides is 1. The molecule has 6 atom stereocenters. The highest BCUT2D eigenvalue weighted by atomic mass is 33.1. The summed E-state index contributed by atoms with van der Waals surface area (Å²) in [7, 11) is 5.51. The molecule has 8 rings (SSSR count). The number of hydrogen-bond donors (Lipinski definition) is 5. The molecular formula is C45H58N4O8S2. The van der Waals surface area contributed by atoms with Crippen LogP contribution in [0, 0.1) is 17.8 Å². The molecule has 0 radical (unpaired) electrons. The third-order valence-electron chi connectivity index (χ3n) is 14.3. The topological polar surface area (TPSA) is 177 Å². The minimum Gasteiger partial charge on any atom is -0.481 e. The third-order valence-corrected chi connectivity index (χ3v) is 16.7. The summed E-state index contributed by atoms with van der Waals surface area (Å²) < 4.78 is 20.1. The summed E-state index contributed by atoms with van der Waals surface area (Å²) in [5.41, 5.74) is 8.42. The van der Waals surface area contributed by atoms with Gasteiger partial charge in [-0.2, -0.15) is 0 Å². The zero-order valence-corrected chi connectivity index (χ0v) is 36.2. The number of fused-ring (bicyclic) bond motifs is 6. The van der Waals surface area contributed by atoms with Crippen LogP contribution in [0.25, 0.3) is 11.0 Å². The molecule has 1 aromatic carbocycles. The van der Waals surface area contributed by atoms with Crippen molar-refractivity contribution in [2.45, 2.75) is 94.8 Å². The number of esters is 1. The molecule has 14 heteroatoms. The SMILES string of the molecule is CC=C(C)C(=O)OC1(C)CC=C2CSSCC3C(CNC)CN3C(=O)CC3=C(C=C(N)NC3)C2C12Cc1cc3cc(C4(C(CO)CCO)CCCC4)c(=O)oc3cc1O2. The van der Waals surface area contributed by atoms with Gasteiger partial charge in [0.25, 0.3) is 0 Å². The maximum Gasteiger partial charge on any atom is 0.340 e. The van der Waals surface area contributed by atoms with Gasteiger partial charge in [-0.3, -0.25) is 4.79 Å². The van der Waals surface area contributed by atoms with Crippen LogP contribution in [-0.4, -0.2) is 95.6 Å². The van der Waals surface area contributed by atoms with Crippen LogP contribution in [0.1, 0.15) is 76.8 Å². The average molecular weight is 847 g/mol. The summed E-state index contributed by atoms with van der Waals surface area (Å²) in [6.45, 7) is 7.27. The lowest BCUT2D eigenvalue weighted by Crippen LogP contribution is -2.65. The highest BCUT2D eigenvalue weighted by Gasteiger charge is 2.64. The van der Waals surface area contributed by atoms with Gasteiger partial charge in [-0.15, -0.1) is 0 Å². The Hall–Kier alpha value is -3.69. The zero-order valence-electron chi connectivity index (χ0n) is 34.6. The molecule has 5 heterocycles. The number of carbonyl (C=O) groups is 2. The number of nitrogens with zero attached hydrogens (tertiary/aromatic N) is 1. The van der Waals surface area contributed by atoms with Gasteiger partial charge in [0.15, 0.2) is 11.2 Å². The molecule has 1 amide bonds. The second-order valence-electron chi connectivity index (χ2n) is 17.5. The first-order valence-electron chi connectivity index (χ1n) is 21.1. The van der Waals surface area contributed by atoms with E-state index in [2.05, 4.69) is 16.7 Å². The summed E-state index contributed by atoms with van der Waals surface area (Å²) in [6, 6.07) is 5.90. The number of benzene rings is 1. The average Bonchev–Trinajstić information content (AvgIpc) is 3.85. The summed E-state index contributed by atoms with van der Waals surface area (Å²) in [5, 5.41) is 27.8. The Balaban J connectivity index is 1.27. The molecular weight excluding hydrogens is 789 g/mol. The Labute approximate surface area is 353 Å². The van der Waals surface area contributed by atoms with Crippen LogP contribution in [0.3, 0.4) is 0 Å². The van der Waals surface area contributed by atoms with Crippen LogP contribution in [0.2, 0.25) is 0 Å². The van der Waals surface area contributed by atoms with E-state index in [-0.39, 0.29) is 37.5 Å². The molecule has 12 nitrogen and oxygen atoms in total. The Morgan fingerprint density at radius 3 is 2.73 bits per heavy atom. The number of dihydropyridines is 1. The lowest BCUT2D eigenvalue weighted by Gasteiger charge is -2.53. The van der Waals surface area contributed by atoms with Crippen molar-refractivity contribution < 1.29 is 33.7 Å². The van der Waals surface area contributed by atoms with E-state index < -0.39 is 34.1 Å². The quantitative estimate of drug-likeness (QED) is 0.0749. The molecule has 1 saturated carbocycles. The molecule has 0 bridgehead atoms. The fourth-order valence-corrected chi connectivity index (χ4v) is 13.4. The van der Waals surface area contributed by atoms with E-state index in [9.17, 15) is 24.6 Å². The molecule has 2 fully saturated rings. The van der Waals surface area contributed by atoms with E-state index in [1.165, 1.54) is 0 Å². The van der Waals surface area contributed by atoms with Crippen LogP contribution in [0.4, 0.5) is 0 Å². The molecule has 2 aromatic rings. The monoisotopic (exact) mass is 846 g/mol. The van der Waals surface area contributed by atoms with E-state index in [1.54, 1.807) is 40.7 Å². The molecule has 1 saturated heterocycles. The second-order valence-corrected chi connectivity index (χ2v) is 20.1. The molecule has 6 aliphatic rings. The first-order valence-corrected chi connectivity index (χ1v) is 23.6. The molecule has 1 aromatic heterocycles. The normalized spacial score (nSPS) is 29.7. The molecule has 1 spiro atoms. The smallest absolute Gasteiger partial charge is 0.340 e. The maximum absolute atomic E-state index is 14.2. The number of nitrogens with two attached hydrogens (primary N) is 1. The lowest BCUT2D eigenvalue weighted by atomic mass is 9.61. The first kappa shape index (κ1) is 42.0. The minimum absolute atomic E-state index is 0.0797. The van der Waals surface area contributed by atoms with Gasteiger partial charge in [-0.1, -0.05) is 52.2 Å². The predicted molar refractivity (Wildman–Crippen MR) is 232 cm³/mol. The van der Waals surface area contributed by atoms with Gasteiger partial charge in [-0.05, 0) is 87.9 Å². The van der Waals surface area contributed by atoms with E-state index in [0.717, 1.165) is 65.6 Å². The van der Waals surface area contributed by atoms with E-state index in [0.29, 0.717) is 72.3 Å². The van der Waals surface area contributed by atoms with Gasteiger partial charge in [-0.25, -0.2) is 9.59 Å². The van der Waals surface area contributed by atoms with Crippen molar-refractivity contribution in [3.8, 4) is 5.75 Å². The van der Waals surface area contributed by atoms with Crippen LogP contribution in [0.15, 0.2) is 73.8 Å². The van der Waals surface area contributed by atoms with Crippen LogP contribution >= 0.6 is 21.6 Å². The summed E-state index contributed by atoms with van der Waals surface area (Å²) in [6.07, 6.45) is 10.6. The van der Waals surface area contributed by atoms with Crippen molar-refractivity contribution in [2.24, 2.45) is 23.5 Å². The van der Waals surface area contributed by atoms with Crippen LogP contribution < -0.4 is 26.7 Å². The van der Waals surface area contributed by atoms with Crippen molar-refractivity contribution in [3.05, 3.63) is 86.1 Å². The van der Waals surface area contributed by atoms with Gasteiger partial charge < -0.3 is 45.4 Å². The molecule has 4 aliphatic heterocycles. The summed E-state index contributed by atoms with van der Waals surface area (Å²) in [4.78, 5) is 44.0. The Bertz CT molecular complexity index is 2190. The predicted octanol–water partition coefficient (Wildman–Crippen LogP) is 5.02. The van der Waals surface area contributed by atoms with E-state index in [1.807, 2.05) is 44.0 Å². The Morgan fingerprint density at radius 2 is 2.00 bits per heavy atom. The van der Waals surface area contributed by atoms with Crippen molar-refractivity contribution in [1.29, 1.82) is 0 Å². The van der Waals surface area contributed by atoms with Gasteiger partial charge in [0.2, 0.25) is 5.91 Å². The fraction of sp³-hybridized carbons (Fsp3) is 0.578. The molecule has 318 valence electrons. The number of ether oxygens (including phenoxy) is 2. The highest BCUT2D eigenvalue weighted by molar-refractivity contribution is 8.76. The lowest BCUT2D eigenvalue weighted by molar-refractivity contribution is -0.186. The molecule has 6 N–H and O–H groups in total. The van der Waals surface area contributed by atoms with Crippen LogP contribution in [-0.2, 0) is 26.2 Å². The molecule has 6 unspecified atom stereocenters. The van der Waals surface area contributed by atoms with Gasteiger partial charge in [0, 0.05) is 97.2 Å². The highest BCUT2D eigenvalue weighted by Crippen LogP contribution is 2.58.